The lowest BCUT2D eigenvalue weighted by atomic mass is 10.0. The molecule has 0 saturated carbocycles. The highest BCUT2D eigenvalue weighted by Crippen LogP contribution is 2.28. The molecular weight excluding hydrogens is 315 g/mol. The molecule has 1 atom stereocenters. The number of carbonyl (C=O) groups excluding carboxylic acids is 1. The van der Waals surface area contributed by atoms with E-state index < -0.39 is 23.2 Å². The minimum absolute atomic E-state index is 0.0251. The number of carboxylic acid groups (broad SMARTS) is 1. The van der Waals surface area contributed by atoms with E-state index in [1.54, 1.807) is 0 Å². The number of methoxy groups -OCH3 is 1. The van der Waals surface area contributed by atoms with Crippen LogP contribution in [0.25, 0.3) is 10.9 Å². The summed E-state index contributed by atoms with van der Waals surface area (Å²) in [5.74, 6) is -2.46. The molecule has 0 spiro atoms. The Balaban J connectivity index is 2.37. The van der Waals surface area contributed by atoms with E-state index >= 15 is 0 Å². The first-order chi connectivity index (χ1) is 10.3. The van der Waals surface area contributed by atoms with Gasteiger partial charge in [-0.15, -0.1) is 0 Å². The second-order valence-corrected chi connectivity index (χ2v) is 5.41. The molecule has 1 aromatic carbocycles. The van der Waals surface area contributed by atoms with Gasteiger partial charge in [0.25, 0.3) is 5.91 Å². The van der Waals surface area contributed by atoms with Gasteiger partial charge in [0.1, 0.15) is 11.5 Å². The summed E-state index contributed by atoms with van der Waals surface area (Å²) in [4.78, 5) is 26.3. The third-order valence-corrected chi connectivity index (χ3v) is 3.61. The Morgan fingerprint density at radius 3 is 2.77 bits per heavy atom. The fourth-order valence-electron chi connectivity index (χ4n) is 2.04. The number of halogens is 2. The monoisotopic (exact) mass is 328 g/mol. The van der Waals surface area contributed by atoms with E-state index in [1.807, 2.05) is 0 Å². The average Bonchev–Trinajstić information content (AvgIpc) is 2.76. The van der Waals surface area contributed by atoms with Crippen molar-refractivity contribution in [2.75, 3.05) is 13.7 Å². The molecule has 2 rings (SSSR count). The van der Waals surface area contributed by atoms with Crippen molar-refractivity contribution in [2.45, 2.75) is 12.5 Å². The Labute approximate surface area is 130 Å². The summed E-state index contributed by atoms with van der Waals surface area (Å²) in [6.07, 6.45) is 0. The number of hydrogen-bond acceptors (Lipinski definition) is 3. The maximum Gasteiger partial charge on any atom is 0.331 e. The van der Waals surface area contributed by atoms with E-state index in [2.05, 4.69) is 10.3 Å². The maximum absolute atomic E-state index is 13.2. The predicted molar refractivity (Wildman–Crippen MR) is 78.6 cm³/mol. The SMILES string of the molecule is COCC(C)(NC(=O)c1[nH]c2ccc(F)cc2c1Cl)C(=O)O. The number of ether oxygens (including phenoxy) is 1. The van der Waals surface area contributed by atoms with Gasteiger partial charge in [0, 0.05) is 18.0 Å². The molecule has 0 aliphatic carbocycles. The summed E-state index contributed by atoms with van der Waals surface area (Å²) in [6.45, 7) is 1.09. The second-order valence-electron chi connectivity index (χ2n) is 5.03. The van der Waals surface area contributed by atoms with Crippen LogP contribution in [0, 0.1) is 5.82 Å². The van der Waals surface area contributed by atoms with Crippen LogP contribution in [0.1, 0.15) is 17.4 Å². The molecule has 0 aliphatic heterocycles. The first-order valence-corrected chi connectivity index (χ1v) is 6.68. The molecule has 1 amide bonds. The number of fused-ring (bicyclic) bond motifs is 1. The standard InChI is InChI=1S/C14H14ClFN2O4/c1-14(6-22-2,13(20)21)18-12(19)11-10(15)8-5-7(16)3-4-9(8)17-11/h3-5,17H,6H2,1-2H3,(H,18,19)(H,20,21). The zero-order valence-corrected chi connectivity index (χ0v) is 12.6. The minimum atomic E-state index is -1.61. The number of benzene rings is 1. The van der Waals surface area contributed by atoms with Gasteiger partial charge in [0.05, 0.1) is 11.6 Å². The maximum atomic E-state index is 13.2. The lowest BCUT2D eigenvalue weighted by molar-refractivity contribution is -0.145. The van der Waals surface area contributed by atoms with Crippen molar-refractivity contribution in [3.05, 3.63) is 34.7 Å². The molecular formula is C14H14ClFN2O4. The number of aromatic nitrogens is 1. The van der Waals surface area contributed by atoms with Gasteiger partial charge in [-0.3, -0.25) is 4.79 Å². The Morgan fingerprint density at radius 2 is 2.18 bits per heavy atom. The van der Waals surface area contributed by atoms with Gasteiger partial charge in [-0.2, -0.15) is 0 Å². The van der Waals surface area contributed by atoms with Gasteiger partial charge in [-0.25, -0.2) is 9.18 Å². The number of carbonyl (C=O) groups is 2. The van der Waals surface area contributed by atoms with Crippen LogP contribution < -0.4 is 5.32 Å². The first kappa shape index (κ1) is 16.3. The van der Waals surface area contributed by atoms with E-state index in [-0.39, 0.29) is 17.3 Å². The Hall–Kier alpha value is -2.12. The van der Waals surface area contributed by atoms with Crippen molar-refractivity contribution in [1.29, 1.82) is 0 Å². The predicted octanol–water partition coefficient (Wildman–Crippen LogP) is 2.18. The van der Waals surface area contributed by atoms with Crippen molar-refractivity contribution in [2.24, 2.45) is 0 Å². The van der Waals surface area contributed by atoms with Crippen LogP contribution in [-0.2, 0) is 9.53 Å². The molecule has 1 aromatic heterocycles. The topological polar surface area (TPSA) is 91.4 Å². The lowest BCUT2D eigenvalue weighted by Gasteiger charge is -2.25. The fourth-order valence-corrected chi connectivity index (χ4v) is 2.33. The normalized spacial score (nSPS) is 13.8. The van der Waals surface area contributed by atoms with Crippen molar-refractivity contribution in [1.82, 2.24) is 10.3 Å². The molecule has 0 fully saturated rings. The third kappa shape index (κ3) is 2.90. The number of amides is 1. The molecule has 0 saturated heterocycles. The highest BCUT2D eigenvalue weighted by atomic mass is 35.5. The quantitative estimate of drug-likeness (QED) is 0.784. The van der Waals surface area contributed by atoms with E-state index in [0.29, 0.717) is 10.9 Å². The Morgan fingerprint density at radius 1 is 1.50 bits per heavy atom. The van der Waals surface area contributed by atoms with Gasteiger partial charge < -0.3 is 20.1 Å². The van der Waals surface area contributed by atoms with Crippen LogP contribution in [0.4, 0.5) is 4.39 Å². The molecule has 2 aromatic rings. The zero-order chi connectivity index (χ0) is 16.5. The molecule has 0 bridgehead atoms. The highest BCUT2D eigenvalue weighted by molar-refractivity contribution is 6.38. The van der Waals surface area contributed by atoms with Gasteiger partial charge in [-0.1, -0.05) is 11.6 Å². The molecule has 1 unspecified atom stereocenters. The lowest BCUT2D eigenvalue weighted by Crippen LogP contribution is -2.55. The molecule has 1 heterocycles. The number of aromatic amines is 1. The van der Waals surface area contributed by atoms with Gasteiger partial charge in [0.2, 0.25) is 0 Å². The number of rotatable bonds is 5. The van der Waals surface area contributed by atoms with Crippen LogP contribution in [0.5, 0.6) is 0 Å². The van der Waals surface area contributed by atoms with E-state index in [4.69, 9.17) is 16.3 Å². The zero-order valence-electron chi connectivity index (χ0n) is 11.9. The molecule has 0 radical (unpaired) electrons. The summed E-state index contributed by atoms with van der Waals surface area (Å²) in [5, 5.41) is 11.9. The van der Waals surface area contributed by atoms with E-state index in [9.17, 15) is 19.1 Å². The summed E-state index contributed by atoms with van der Waals surface area (Å²) >= 11 is 6.07. The Bertz CT molecular complexity index is 746. The molecule has 3 N–H and O–H groups in total. The van der Waals surface area contributed by atoms with Gasteiger partial charge >= 0.3 is 5.97 Å². The highest BCUT2D eigenvalue weighted by Gasteiger charge is 2.36. The first-order valence-electron chi connectivity index (χ1n) is 6.30. The van der Waals surface area contributed by atoms with Crippen molar-refractivity contribution in [3.8, 4) is 0 Å². The number of nitrogens with one attached hydrogen (secondary N) is 2. The number of hydrogen-bond donors (Lipinski definition) is 3. The molecule has 22 heavy (non-hydrogen) atoms. The van der Waals surface area contributed by atoms with Crippen LogP contribution in [0.15, 0.2) is 18.2 Å². The molecule has 8 heteroatoms. The number of H-pyrrole nitrogens is 1. The molecule has 0 aliphatic rings. The molecule has 6 nitrogen and oxygen atoms in total. The average molecular weight is 329 g/mol. The van der Waals surface area contributed by atoms with Crippen LogP contribution in [-0.4, -0.2) is 41.2 Å². The van der Waals surface area contributed by atoms with Crippen molar-refractivity contribution in [3.63, 3.8) is 0 Å². The van der Waals surface area contributed by atoms with Gasteiger partial charge in [0.15, 0.2) is 5.54 Å². The van der Waals surface area contributed by atoms with Crippen molar-refractivity contribution < 1.29 is 23.8 Å². The molecule has 118 valence electrons. The number of aliphatic carboxylic acids is 1. The van der Waals surface area contributed by atoms with Gasteiger partial charge in [-0.05, 0) is 25.1 Å². The second kappa shape index (κ2) is 5.94. The number of carboxylic acids is 1. The third-order valence-electron chi connectivity index (χ3n) is 3.22. The Kier molecular flexibility index (Phi) is 4.39. The summed E-state index contributed by atoms with van der Waals surface area (Å²) in [5.41, 5.74) is -1.18. The largest absolute Gasteiger partial charge is 0.479 e. The van der Waals surface area contributed by atoms with E-state index in [0.717, 1.165) is 0 Å². The van der Waals surface area contributed by atoms with Crippen LogP contribution in [0.2, 0.25) is 5.02 Å². The summed E-state index contributed by atoms with van der Waals surface area (Å²) in [6, 6.07) is 3.86. The van der Waals surface area contributed by atoms with Crippen LogP contribution in [0.3, 0.4) is 0 Å². The smallest absolute Gasteiger partial charge is 0.331 e. The summed E-state index contributed by atoms with van der Waals surface area (Å²) in [7, 11) is 1.33. The van der Waals surface area contributed by atoms with Crippen molar-refractivity contribution >= 4 is 34.4 Å². The summed E-state index contributed by atoms with van der Waals surface area (Å²) < 4.78 is 18.1. The minimum Gasteiger partial charge on any atom is -0.479 e. The van der Waals surface area contributed by atoms with E-state index in [1.165, 1.54) is 32.2 Å². The van der Waals surface area contributed by atoms with Crippen LogP contribution >= 0.6 is 11.6 Å². The fraction of sp³-hybridized carbons (Fsp3) is 0.286.